The molecule has 1 atom stereocenters. The number of nitrogens with zero attached hydrogens (tertiary/aromatic N) is 1. The molecule has 0 radical (unpaired) electrons. The van der Waals surface area contributed by atoms with Gasteiger partial charge in [-0.3, -0.25) is 0 Å². The van der Waals surface area contributed by atoms with Crippen molar-refractivity contribution in [3.05, 3.63) is 22.4 Å². The zero-order valence-corrected chi connectivity index (χ0v) is 13.4. The van der Waals surface area contributed by atoms with Crippen LogP contribution >= 0.6 is 15.9 Å². The van der Waals surface area contributed by atoms with Crippen LogP contribution in [0.1, 0.15) is 13.3 Å². The van der Waals surface area contributed by atoms with E-state index < -0.39 is 20.7 Å². The largest absolute Gasteiger partial charge is 0.398 e. The second-order valence-corrected chi connectivity index (χ2v) is 7.33. The molecule has 2 rings (SSSR count). The molecule has 1 aliphatic heterocycles. The summed E-state index contributed by atoms with van der Waals surface area (Å²) in [5, 5.41) is 0. The summed E-state index contributed by atoms with van der Waals surface area (Å²) in [6.07, 6.45) is 0.547. The minimum Gasteiger partial charge on any atom is -0.398 e. The molecule has 1 unspecified atom stereocenters. The fourth-order valence-electron chi connectivity index (χ4n) is 2.04. The number of nitrogen functional groups attached to an aromatic ring is 1. The summed E-state index contributed by atoms with van der Waals surface area (Å²) in [5.41, 5.74) is 5.83. The zero-order valence-electron chi connectivity index (χ0n) is 11.0. The molecule has 1 aromatic carbocycles. The van der Waals surface area contributed by atoms with Crippen LogP contribution in [-0.4, -0.2) is 38.5 Å². The van der Waals surface area contributed by atoms with E-state index >= 15 is 0 Å². The van der Waals surface area contributed by atoms with Gasteiger partial charge in [-0.05, 0) is 34.5 Å². The second-order valence-electron chi connectivity index (χ2n) is 4.57. The number of sulfonamides is 1. The number of anilines is 1. The van der Waals surface area contributed by atoms with E-state index in [0.29, 0.717) is 17.5 Å². The van der Waals surface area contributed by atoms with Crippen molar-refractivity contribution in [1.29, 1.82) is 0 Å². The molecule has 0 aromatic heterocycles. The molecule has 8 heteroatoms. The van der Waals surface area contributed by atoms with E-state index in [4.69, 9.17) is 10.5 Å². The monoisotopic (exact) mass is 366 g/mol. The van der Waals surface area contributed by atoms with E-state index in [1.807, 2.05) is 6.92 Å². The Morgan fingerprint density at radius 1 is 1.55 bits per heavy atom. The molecule has 5 nitrogen and oxygen atoms in total. The van der Waals surface area contributed by atoms with Crippen molar-refractivity contribution in [2.45, 2.75) is 24.3 Å². The maximum atomic E-state index is 13.9. The van der Waals surface area contributed by atoms with E-state index in [9.17, 15) is 12.8 Å². The molecule has 0 saturated carbocycles. The zero-order chi connectivity index (χ0) is 14.9. The van der Waals surface area contributed by atoms with Crippen molar-refractivity contribution < 1.29 is 17.5 Å². The first kappa shape index (κ1) is 15.7. The third-order valence-corrected chi connectivity index (χ3v) is 5.79. The van der Waals surface area contributed by atoms with Crippen LogP contribution in [0.25, 0.3) is 0 Å². The maximum Gasteiger partial charge on any atom is 0.246 e. The van der Waals surface area contributed by atoms with Crippen molar-refractivity contribution in [2.75, 3.05) is 25.4 Å². The van der Waals surface area contributed by atoms with E-state index in [0.717, 1.165) is 12.1 Å². The fraction of sp³-hybridized carbons (Fsp3) is 0.500. The SMILES string of the molecule is CCC1CN(S(=O)(=O)c2cc(N)c(Br)cc2F)CCO1. The number of morpholine rings is 1. The van der Waals surface area contributed by atoms with Gasteiger partial charge in [0.15, 0.2) is 0 Å². The van der Waals surface area contributed by atoms with Gasteiger partial charge in [0.2, 0.25) is 10.0 Å². The Kier molecular flexibility index (Phi) is 4.68. The summed E-state index contributed by atoms with van der Waals surface area (Å²) in [6.45, 7) is 2.67. The van der Waals surface area contributed by atoms with Gasteiger partial charge in [0.25, 0.3) is 0 Å². The average molecular weight is 367 g/mol. The third kappa shape index (κ3) is 2.98. The van der Waals surface area contributed by atoms with Gasteiger partial charge in [-0.2, -0.15) is 4.31 Å². The van der Waals surface area contributed by atoms with Crippen LogP contribution in [0.3, 0.4) is 0 Å². The molecule has 0 aliphatic carbocycles. The Morgan fingerprint density at radius 3 is 2.90 bits per heavy atom. The Hall–Kier alpha value is -0.700. The van der Waals surface area contributed by atoms with Crippen LogP contribution in [0.5, 0.6) is 0 Å². The number of hydrogen-bond acceptors (Lipinski definition) is 4. The Balaban J connectivity index is 2.37. The van der Waals surface area contributed by atoms with Crippen LogP contribution in [0.2, 0.25) is 0 Å². The predicted octanol–water partition coefficient (Wildman–Crippen LogP) is 1.97. The topological polar surface area (TPSA) is 72.6 Å². The van der Waals surface area contributed by atoms with Gasteiger partial charge in [0, 0.05) is 23.2 Å². The van der Waals surface area contributed by atoms with Crippen molar-refractivity contribution in [3.8, 4) is 0 Å². The maximum absolute atomic E-state index is 13.9. The van der Waals surface area contributed by atoms with Crippen LogP contribution in [0, 0.1) is 5.82 Å². The smallest absolute Gasteiger partial charge is 0.246 e. The lowest BCUT2D eigenvalue weighted by atomic mass is 10.2. The molecule has 1 heterocycles. The van der Waals surface area contributed by atoms with Crippen LogP contribution < -0.4 is 5.73 Å². The van der Waals surface area contributed by atoms with Crippen molar-refractivity contribution in [3.63, 3.8) is 0 Å². The van der Waals surface area contributed by atoms with Crippen molar-refractivity contribution in [2.24, 2.45) is 0 Å². The van der Waals surface area contributed by atoms with Gasteiger partial charge in [0.1, 0.15) is 10.7 Å². The number of rotatable bonds is 3. The second kappa shape index (κ2) is 5.97. The highest BCUT2D eigenvalue weighted by molar-refractivity contribution is 9.10. The predicted molar refractivity (Wildman–Crippen MR) is 77.3 cm³/mol. The number of hydrogen-bond donors (Lipinski definition) is 1. The lowest BCUT2D eigenvalue weighted by Crippen LogP contribution is -2.45. The molecule has 1 aromatic rings. The summed E-state index contributed by atoms with van der Waals surface area (Å²) in [6, 6.07) is 2.21. The van der Waals surface area contributed by atoms with E-state index in [2.05, 4.69) is 15.9 Å². The highest BCUT2D eigenvalue weighted by Gasteiger charge is 2.32. The Morgan fingerprint density at radius 2 is 2.25 bits per heavy atom. The van der Waals surface area contributed by atoms with Gasteiger partial charge >= 0.3 is 0 Å². The van der Waals surface area contributed by atoms with Gasteiger partial charge in [-0.15, -0.1) is 0 Å². The first-order valence-corrected chi connectivity index (χ1v) is 8.45. The fourth-order valence-corrected chi connectivity index (χ4v) is 3.89. The quantitative estimate of drug-likeness (QED) is 0.830. The van der Waals surface area contributed by atoms with Crippen LogP contribution in [0.15, 0.2) is 21.5 Å². The lowest BCUT2D eigenvalue weighted by Gasteiger charge is -2.31. The summed E-state index contributed by atoms with van der Waals surface area (Å²) >= 11 is 3.07. The summed E-state index contributed by atoms with van der Waals surface area (Å²) in [7, 11) is -3.90. The Bertz CT molecular complexity index is 609. The minimum atomic E-state index is -3.90. The first-order chi connectivity index (χ1) is 9.36. The minimum absolute atomic E-state index is 0.158. The number of halogens is 2. The van der Waals surface area contributed by atoms with Crippen LogP contribution in [-0.2, 0) is 14.8 Å². The molecule has 0 spiro atoms. The first-order valence-electron chi connectivity index (χ1n) is 6.22. The van der Waals surface area contributed by atoms with E-state index in [1.54, 1.807) is 0 Å². The summed E-state index contributed by atoms with van der Waals surface area (Å²) in [4.78, 5) is -0.394. The molecule has 112 valence electrons. The normalized spacial score (nSPS) is 21.1. The molecule has 0 bridgehead atoms. The molecule has 1 saturated heterocycles. The number of benzene rings is 1. The molecule has 0 amide bonds. The molecule has 1 fully saturated rings. The van der Waals surface area contributed by atoms with Gasteiger partial charge in [-0.1, -0.05) is 6.92 Å². The van der Waals surface area contributed by atoms with Crippen LogP contribution in [0.4, 0.5) is 10.1 Å². The van der Waals surface area contributed by atoms with Gasteiger partial charge < -0.3 is 10.5 Å². The lowest BCUT2D eigenvalue weighted by molar-refractivity contribution is -0.00283. The summed E-state index contributed by atoms with van der Waals surface area (Å²) in [5.74, 6) is -0.814. The molecule has 20 heavy (non-hydrogen) atoms. The van der Waals surface area contributed by atoms with E-state index in [1.165, 1.54) is 4.31 Å². The molecule has 1 aliphatic rings. The third-order valence-electron chi connectivity index (χ3n) is 3.23. The average Bonchev–Trinajstić information content (AvgIpc) is 2.42. The van der Waals surface area contributed by atoms with Gasteiger partial charge in [-0.25, -0.2) is 12.8 Å². The highest BCUT2D eigenvalue weighted by Crippen LogP contribution is 2.28. The Labute approximate surface area is 126 Å². The molecular formula is C12H16BrFN2O3S. The van der Waals surface area contributed by atoms with E-state index in [-0.39, 0.29) is 24.9 Å². The highest BCUT2D eigenvalue weighted by atomic mass is 79.9. The number of ether oxygens (including phenoxy) is 1. The van der Waals surface area contributed by atoms with Crippen molar-refractivity contribution >= 4 is 31.6 Å². The van der Waals surface area contributed by atoms with Crippen molar-refractivity contribution in [1.82, 2.24) is 4.31 Å². The molecule has 2 N–H and O–H groups in total. The summed E-state index contributed by atoms with van der Waals surface area (Å²) < 4.78 is 45.9. The molecular weight excluding hydrogens is 351 g/mol. The standard InChI is InChI=1S/C12H16BrFN2O3S/c1-2-8-7-16(3-4-19-8)20(17,18)12-6-11(15)9(13)5-10(12)14/h5-6,8H,2-4,7,15H2,1H3. The number of nitrogens with two attached hydrogens (primary N) is 1. The van der Waals surface area contributed by atoms with Gasteiger partial charge in [0.05, 0.1) is 12.7 Å².